The summed E-state index contributed by atoms with van der Waals surface area (Å²) in [6.07, 6.45) is 2.83. The van der Waals surface area contributed by atoms with Gasteiger partial charge in [0.1, 0.15) is 0 Å². The van der Waals surface area contributed by atoms with E-state index in [1.165, 1.54) is 0 Å². The molecule has 1 saturated carbocycles. The molecule has 7 heteroatoms. The number of carboxylic acids is 1. The molecule has 0 unspecified atom stereocenters. The Morgan fingerprint density at radius 1 is 1.40 bits per heavy atom. The minimum absolute atomic E-state index is 0.108. The zero-order valence-corrected chi connectivity index (χ0v) is 11.7. The summed E-state index contributed by atoms with van der Waals surface area (Å²) in [5, 5.41) is 21.2. The van der Waals surface area contributed by atoms with Gasteiger partial charge in [-0.3, -0.25) is 9.89 Å². The summed E-state index contributed by atoms with van der Waals surface area (Å²) in [5.74, 6) is -0.812. The van der Waals surface area contributed by atoms with Crippen LogP contribution < -0.4 is 10.6 Å². The van der Waals surface area contributed by atoms with E-state index in [1.807, 2.05) is 6.92 Å². The van der Waals surface area contributed by atoms with Crippen LogP contribution in [-0.4, -0.2) is 33.8 Å². The molecule has 1 aliphatic rings. The molecule has 1 aromatic rings. The Hall–Kier alpha value is -2.05. The summed E-state index contributed by atoms with van der Waals surface area (Å²) >= 11 is 0. The van der Waals surface area contributed by atoms with Gasteiger partial charge in [-0.1, -0.05) is 6.42 Å². The summed E-state index contributed by atoms with van der Waals surface area (Å²) in [6, 6.07) is -0.325. The van der Waals surface area contributed by atoms with Gasteiger partial charge in [0.05, 0.1) is 23.5 Å². The van der Waals surface area contributed by atoms with E-state index < -0.39 is 5.97 Å². The Kier molecular flexibility index (Phi) is 3.96. The van der Waals surface area contributed by atoms with Crippen LogP contribution in [0.3, 0.4) is 0 Å². The van der Waals surface area contributed by atoms with Gasteiger partial charge in [0, 0.05) is 6.54 Å². The van der Waals surface area contributed by atoms with Crippen LogP contribution in [0.25, 0.3) is 0 Å². The number of carbonyl (C=O) groups excluding carboxylic acids is 1. The van der Waals surface area contributed by atoms with Gasteiger partial charge in [0.15, 0.2) is 0 Å². The van der Waals surface area contributed by atoms with E-state index in [0.717, 1.165) is 30.7 Å². The predicted octanol–water partition coefficient (Wildman–Crippen LogP) is 1.79. The molecule has 1 aliphatic carbocycles. The van der Waals surface area contributed by atoms with Crippen molar-refractivity contribution in [2.75, 3.05) is 11.9 Å². The molecule has 1 heterocycles. The van der Waals surface area contributed by atoms with E-state index in [2.05, 4.69) is 20.8 Å². The lowest BCUT2D eigenvalue weighted by Gasteiger charge is -2.40. The first kappa shape index (κ1) is 14.4. The fourth-order valence-corrected chi connectivity index (χ4v) is 2.57. The predicted molar refractivity (Wildman–Crippen MR) is 73.6 cm³/mol. The lowest BCUT2D eigenvalue weighted by molar-refractivity contribution is -0.141. The number of aromatic amines is 1. The number of aryl methyl sites for hydroxylation is 2. The summed E-state index contributed by atoms with van der Waals surface area (Å²) in [4.78, 5) is 22.7. The highest BCUT2D eigenvalue weighted by molar-refractivity contribution is 5.90. The molecule has 2 rings (SSSR count). The van der Waals surface area contributed by atoms with Crippen LogP contribution in [-0.2, 0) is 4.79 Å². The highest BCUT2D eigenvalue weighted by atomic mass is 16.4. The van der Waals surface area contributed by atoms with E-state index in [-0.39, 0.29) is 17.9 Å². The van der Waals surface area contributed by atoms with Crippen molar-refractivity contribution >= 4 is 17.7 Å². The highest BCUT2D eigenvalue weighted by Gasteiger charge is 2.39. The van der Waals surface area contributed by atoms with Crippen LogP contribution >= 0.6 is 0 Å². The molecule has 4 N–H and O–H groups in total. The van der Waals surface area contributed by atoms with Gasteiger partial charge in [-0.15, -0.1) is 0 Å². The third kappa shape index (κ3) is 3.09. The fourth-order valence-electron chi connectivity index (χ4n) is 2.57. The molecule has 0 aliphatic heterocycles. The summed E-state index contributed by atoms with van der Waals surface area (Å²) in [5.41, 5.74) is 1.91. The number of urea groups is 1. The van der Waals surface area contributed by atoms with Gasteiger partial charge < -0.3 is 15.7 Å². The smallest absolute Gasteiger partial charge is 0.319 e. The molecule has 0 radical (unpaired) electrons. The van der Waals surface area contributed by atoms with Crippen LogP contribution in [0.2, 0.25) is 0 Å². The van der Waals surface area contributed by atoms with Crippen LogP contribution in [0.15, 0.2) is 0 Å². The van der Waals surface area contributed by atoms with Crippen molar-refractivity contribution in [3.8, 4) is 0 Å². The number of hydrogen-bond donors (Lipinski definition) is 4. The van der Waals surface area contributed by atoms with Crippen molar-refractivity contribution in [1.82, 2.24) is 15.5 Å². The number of nitrogens with one attached hydrogen (secondary N) is 3. The first-order valence-electron chi connectivity index (χ1n) is 6.70. The van der Waals surface area contributed by atoms with E-state index >= 15 is 0 Å². The normalized spacial score (nSPS) is 16.3. The molecular weight excluding hydrogens is 260 g/mol. The second-order valence-electron chi connectivity index (χ2n) is 5.54. The van der Waals surface area contributed by atoms with E-state index in [1.54, 1.807) is 6.92 Å². The largest absolute Gasteiger partial charge is 0.481 e. The van der Waals surface area contributed by atoms with Crippen molar-refractivity contribution in [3.63, 3.8) is 0 Å². The number of carboxylic acid groups (broad SMARTS) is 1. The van der Waals surface area contributed by atoms with Crippen molar-refractivity contribution in [2.24, 2.45) is 5.41 Å². The van der Waals surface area contributed by atoms with Crippen molar-refractivity contribution in [2.45, 2.75) is 39.5 Å². The molecule has 1 aromatic heterocycles. The van der Waals surface area contributed by atoms with Crippen LogP contribution in [0.4, 0.5) is 10.5 Å². The summed E-state index contributed by atoms with van der Waals surface area (Å²) < 4.78 is 0. The molecule has 0 atom stereocenters. The van der Waals surface area contributed by atoms with Gasteiger partial charge in [0.2, 0.25) is 0 Å². The Morgan fingerprint density at radius 2 is 2.10 bits per heavy atom. The lowest BCUT2D eigenvalue weighted by Crippen LogP contribution is -2.44. The number of H-pyrrole nitrogens is 1. The third-order valence-electron chi connectivity index (χ3n) is 3.93. The van der Waals surface area contributed by atoms with Crippen molar-refractivity contribution < 1.29 is 14.7 Å². The second-order valence-corrected chi connectivity index (χ2v) is 5.54. The van der Waals surface area contributed by atoms with Crippen LogP contribution in [0.1, 0.15) is 37.1 Å². The number of carbonyl (C=O) groups is 2. The molecule has 1 fully saturated rings. The minimum atomic E-state index is -0.812. The molecule has 110 valence electrons. The topological polar surface area (TPSA) is 107 Å². The molecular formula is C13H20N4O3. The molecule has 0 bridgehead atoms. The summed E-state index contributed by atoms with van der Waals surface area (Å²) in [7, 11) is 0. The molecule has 20 heavy (non-hydrogen) atoms. The van der Waals surface area contributed by atoms with Gasteiger partial charge >= 0.3 is 12.0 Å². The number of amides is 2. The van der Waals surface area contributed by atoms with Crippen LogP contribution in [0, 0.1) is 19.3 Å². The van der Waals surface area contributed by atoms with Gasteiger partial charge in [-0.2, -0.15) is 5.10 Å². The summed E-state index contributed by atoms with van der Waals surface area (Å²) in [6.45, 7) is 4.02. The molecule has 0 aromatic carbocycles. The Bertz CT molecular complexity index is 500. The number of rotatable bonds is 5. The van der Waals surface area contributed by atoms with Crippen molar-refractivity contribution in [3.05, 3.63) is 11.4 Å². The standard InChI is InChI=1S/C13H20N4O3/c1-8-11(9(2)17-16-8)15-12(20)14-7-13(4-3-5-13)6-10(18)19/h3-7H2,1-2H3,(H,16,17)(H,18,19)(H2,14,15,20). The Balaban J connectivity index is 1.87. The molecule has 7 nitrogen and oxygen atoms in total. The van der Waals surface area contributed by atoms with E-state index in [9.17, 15) is 9.59 Å². The molecule has 2 amide bonds. The average molecular weight is 280 g/mol. The maximum atomic E-state index is 11.9. The van der Waals surface area contributed by atoms with Crippen molar-refractivity contribution in [1.29, 1.82) is 0 Å². The number of hydrogen-bond acceptors (Lipinski definition) is 3. The van der Waals surface area contributed by atoms with Crippen LogP contribution in [0.5, 0.6) is 0 Å². The first-order chi connectivity index (χ1) is 9.42. The molecule has 0 saturated heterocycles. The lowest BCUT2D eigenvalue weighted by atomic mass is 9.66. The molecule has 0 spiro atoms. The maximum absolute atomic E-state index is 11.9. The first-order valence-corrected chi connectivity index (χ1v) is 6.70. The van der Waals surface area contributed by atoms with Gasteiger partial charge in [0.25, 0.3) is 0 Å². The quantitative estimate of drug-likeness (QED) is 0.659. The van der Waals surface area contributed by atoms with Gasteiger partial charge in [-0.25, -0.2) is 4.79 Å². The monoisotopic (exact) mass is 280 g/mol. The zero-order chi connectivity index (χ0) is 14.8. The third-order valence-corrected chi connectivity index (χ3v) is 3.93. The number of anilines is 1. The van der Waals surface area contributed by atoms with Gasteiger partial charge in [-0.05, 0) is 32.1 Å². The SMILES string of the molecule is Cc1n[nH]c(C)c1NC(=O)NCC1(CC(=O)O)CCC1. The van der Waals surface area contributed by atoms with E-state index in [4.69, 9.17) is 5.11 Å². The Morgan fingerprint density at radius 3 is 2.55 bits per heavy atom. The Labute approximate surface area is 117 Å². The fraction of sp³-hybridized carbons (Fsp3) is 0.615. The second kappa shape index (κ2) is 5.52. The number of nitrogens with zero attached hydrogens (tertiary/aromatic N) is 1. The van der Waals surface area contributed by atoms with E-state index in [0.29, 0.717) is 12.2 Å². The highest BCUT2D eigenvalue weighted by Crippen LogP contribution is 2.43. The maximum Gasteiger partial charge on any atom is 0.319 e. The number of aromatic nitrogens is 2. The minimum Gasteiger partial charge on any atom is -0.481 e. The zero-order valence-electron chi connectivity index (χ0n) is 11.7. The average Bonchev–Trinajstić information content (AvgIpc) is 2.64. The number of aliphatic carboxylic acids is 1.